The predicted octanol–water partition coefficient (Wildman–Crippen LogP) is 1.17. The van der Waals surface area contributed by atoms with Crippen LogP contribution in [0.4, 0.5) is 8.78 Å². The molecular weight excluding hydrogens is 254 g/mol. The van der Waals surface area contributed by atoms with E-state index < -0.39 is 11.6 Å². The summed E-state index contributed by atoms with van der Waals surface area (Å²) in [4.78, 5) is 13.5. The number of piperazine rings is 1. The van der Waals surface area contributed by atoms with Crippen molar-refractivity contribution in [2.45, 2.75) is 6.42 Å². The smallest absolute Gasteiger partial charge is 0.226 e. The van der Waals surface area contributed by atoms with Crippen LogP contribution in [0.3, 0.4) is 0 Å². The summed E-state index contributed by atoms with van der Waals surface area (Å²) in [5.74, 6) is -2.16. The van der Waals surface area contributed by atoms with Crippen molar-refractivity contribution in [3.8, 4) is 5.75 Å². The molecule has 1 aliphatic rings. The van der Waals surface area contributed by atoms with Gasteiger partial charge in [-0.1, -0.05) is 6.07 Å². The first-order valence-corrected chi connectivity index (χ1v) is 6.24. The maximum atomic E-state index is 13.3. The van der Waals surface area contributed by atoms with Gasteiger partial charge in [-0.3, -0.25) is 4.79 Å². The third-order valence-corrected chi connectivity index (χ3v) is 2.96. The molecule has 0 saturated carbocycles. The number of halogens is 2. The average Bonchev–Trinajstić information content (AvgIpc) is 2.44. The maximum Gasteiger partial charge on any atom is 0.226 e. The van der Waals surface area contributed by atoms with Crippen molar-refractivity contribution in [1.29, 1.82) is 0 Å². The van der Waals surface area contributed by atoms with Crippen LogP contribution in [0.2, 0.25) is 0 Å². The van der Waals surface area contributed by atoms with Crippen LogP contribution < -0.4 is 10.1 Å². The van der Waals surface area contributed by atoms with Gasteiger partial charge in [-0.15, -0.1) is 0 Å². The van der Waals surface area contributed by atoms with E-state index in [2.05, 4.69) is 5.32 Å². The summed E-state index contributed by atoms with van der Waals surface area (Å²) in [6, 6.07) is 3.73. The van der Waals surface area contributed by atoms with Crippen molar-refractivity contribution in [1.82, 2.24) is 10.2 Å². The van der Waals surface area contributed by atoms with E-state index in [-0.39, 0.29) is 24.7 Å². The van der Waals surface area contributed by atoms with Gasteiger partial charge in [0.1, 0.15) is 0 Å². The summed E-state index contributed by atoms with van der Waals surface area (Å²) in [5.41, 5.74) is 0. The second-order valence-corrected chi connectivity index (χ2v) is 4.28. The normalized spacial score (nSPS) is 15.4. The van der Waals surface area contributed by atoms with E-state index in [1.807, 2.05) is 0 Å². The molecule has 6 heteroatoms. The quantitative estimate of drug-likeness (QED) is 0.893. The lowest BCUT2D eigenvalue weighted by atomic mass is 10.3. The van der Waals surface area contributed by atoms with Crippen molar-refractivity contribution < 1.29 is 18.3 Å². The number of ether oxygens (including phenoxy) is 1. The van der Waals surface area contributed by atoms with Gasteiger partial charge in [0, 0.05) is 26.2 Å². The van der Waals surface area contributed by atoms with Crippen LogP contribution in [-0.2, 0) is 4.79 Å². The van der Waals surface area contributed by atoms with E-state index in [4.69, 9.17) is 4.74 Å². The van der Waals surface area contributed by atoms with Crippen LogP contribution in [0.15, 0.2) is 18.2 Å². The molecule has 0 aliphatic carbocycles. The van der Waals surface area contributed by atoms with Gasteiger partial charge in [-0.25, -0.2) is 4.39 Å². The Balaban J connectivity index is 1.79. The Hall–Kier alpha value is -1.69. The monoisotopic (exact) mass is 270 g/mol. The van der Waals surface area contributed by atoms with E-state index in [9.17, 15) is 13.6 Å². The molecule has 1 saturated heterocycles. The Morgan fingerprint density at radius 2 is 2.05 bits per heavy atom. The number of amides is 1. The van der Waals surface area contributed by atoms with Gasteiger partial charge in [0.15, 0.2) is 11.6 Å². The van der Waals surface area contributed by atoms with Gasteiger partial charge in [0.2, 0.25) is 11.7 Å². The maximum absolute atomic E-state index is 13.3. The topological polar surface area (TPSA) is 41.6 Å². The largest absolute Gasteiger partial charge is 0.490 e. The van der Waals surface area contributed by atoms with Crippen molar-refractivity contribution in [2.75, 3.05) is 32.8 Å². The molecule has 2 rings (SSSR count). The highest BCUT2D eigenvalue weighted by molar-refractivity contribution is 5.76. The van der Waals surface area contributed by atoms with E-state index in [0.717, 1.165) is 19.2 Å². The highest BCUT2D eigenvalue weighted by Crippen LogP contribution is 2.19. The highest BCUT2D eigenvalue weighted by atomic mass is 19.2. The molecule has 0 atom stereocenters. The van der Waals surface area contributed by atoms with Crippen LogP contribution in [-0.4, -0.2) is 43.6 Å². The molecule has 1 aromatic rings. The van der Waals surface area contributed by atoms with Crippen molar-refractivity contribution >= 4 is 5.91 Å². The second-order valence-electron chi connectivity index (χ2n) is 4.28. The lowest BCUT2D eigenvalue weighted by Crippen LogP contribution is -2.46. The molecule has 1 aliphatic heterocycles. The summed E-state index contributed by atoms with van der Waals surface area (Å²) in [5, 5.41) is 3.15. The first kappa shape index (κ1) is 13.7. The standard InChI is InChI=1S/C13H16F2N2O2/c14-10-2-1-3-11(13(10)15)19-9-4-12(18)17-7-5-16-6-8-17/h1-3,16H,4-9H2. The number of benzene rings is 1. The zero-order chi connectivity index (χ0) is 13.7. The van der Waals surface area contributed by atoms with Gasteiger partial charge >= 0.3 is 0 Å². The minimum atomic E-state index is -1.02. The lowest BCUT2D eigenvalue weighted by Gasteiger charge is -2.27. The van der Waals surface area contributed by atoms with Gasteiger partial charge in [0.25, 0.3) is 0 Å². The number of nitrogens with one attached hydrogen (secondary N) is 1. The summed E-state index contributed by atoms with van der Waals surface area (Å²) in [6.07, 6.45) is 0.163. The summed E-state index contributed by atoms with van der Waals surface area (Å²) < 4.78 is 31.3. The molecule has 0 aromatic heterocycles. The summed E-state index contributed by atoms with van der Waals surface area (Å²) >= 11 is 0. The fraction of sp³-hybridized carbons (Fsp3) is 0.462. The Bertz CT molecular complexity index is 448. The fourth-order valence-corrected chi connectivity index (χ4v) is 1.92. The van der Waals surface area contributed by atoms with Crippen LogP contribution in [0.5, 0.6) is 5.75 Å². The molecule has 1 heterocycles. The average molecular weight is 270 g/mol. The predicted molar refractivity (Wildman–Crippen MR) is 65.9 cm³/mol. The number of hydrogen-bond donors (Lipinski definition) is 1. The molecule has 0 radical (unpaired) electrons. The first-order chi connectivity index (χ1) is 9.18. The molecule has 4 nitrogen and oxygen atoms in total. The molecule has 104 valence electrons. The van der Waals surface area contributed by atoms with Gasteiger partial charge < -0.3 is 15.0 Å². The van der Waals surface area contributed by atoms with Crippen LogP contribution >= 0.6 is 0 Å². The van der Waals surface area contributed by atoms with Crippen molar-refractivity contribution in [2.24, 2.45) is 0 Å². The lowest BCUT2D eigenvalue weighted by molar-refractivity contribution is -0.132. The zero-order valence-electron chi connectivity index (χ0n) is 10.5. The Morgan fingerprint density at radius 3 is 2.79 bits per heavy atom. The van der Waals surface area contributed by atoms with E-state index in [1.54, 1.807) is 4.90 Å². The molecule has 1 fully saturated rings. The molecular formula is C13H16F2N2O2. The fourth-order valence-electron chi connectivity index (χ4n) is 1.92. The Kier molecular flexibility index (Phi) is 4.68. The van der Waals surface area contributed by atoms with Crippen molar-refractivity contribution in [3.05, 3.63) is 29.8 Å². The van der Waals surface area contributed by atoms with Crippen LogP contribution in [0, 0.1) is 11.6 Å². The van der Waals surface area contributed by atoms with E-state index in [0.29, 0.717) is 13.1 Å². The highest BCUT2D eigenvalue weighted by Gasteiger charge is 2.16. The van der Waals surface area contributed by atoms with E-state index in [1.165, 1.54) is 12.1 Å². The third kappa shape index (κ3) is 3.64. The number of nitrogens with zero attached hydrogens (tertiary/aromatic N) is 1. The number of rotatable bonds is 4. The molecule has 0 bridgehead atoms. The molecule has 0 unspecified atom stereocenters. The van der Waals surface area contributed by atoms with Crippen molar-refractivity contribution in [3.63, 3.8) is 0 Å². The van der Waals surface area contributed by atoms with Crippen LogP contribution in [0.1, 0.15) is 6.42 Å². The van der Waals surface area contributed by atoms with Gasteiger partial charge in [0.05, 0.1) is 13.0 Å². The Morgan fingerprint density at radius 1 is 1.32 bits per heavy atom. The van der Waals surface area contributed by atoms with E-state index >= 15 is 0 Å². The molecule has 1 aromatic carbocycles. The van der Waals surface area contributed by atoms with Crippen LogP contribution in [0.25, 0.3) is 0 Å². The van der Waals surface area contributed by atoms with Gasteiger partial charge in [-0.05, 0) is 12.1 Å². The SMILES string of the molecule is O=C(CCOc1cccc(F)c1F)N1CCNCC1. The second kappa shape index (κ2) is 6.47. The molecule has 0 spiro atoms. The molecule has 19 heavy (non-hydrogen) atoms. The third-order valence-electron chi connectivity index (χ3n) is 2.96. The molecule has 1 N–H and O–H groups in total. The minimum Gasteiger partial charge on any atom is -0.490 e. The number of hydrogen-bond acceptors (Lipinski definition) is 3. The zero-order valence-corrected chi connectivity index (χ0v) is 10.5. The summed E-state index contributed by atoms with van der Waals surface area (Å²) in [7, 11) is 0. The number of carbonyl (C=O) groups excluding carboxylic acids is 1. The van der Waals surface area contributed by atoms with Gasteiger partial charge in [-0.2, -0.15) is 4.39 Å². The Labute approximate surface area is 110 Å². The first-order valence-electron chi connectivity index (χ1n) is 6.24. The number of carbonyl (C=O) groups is 1. The minimum absolute atomic E-state index is 0.0293. The summed E-state index contributed by atoms with van der Waals surface area (Å²) in [6.45, 7) is 2.96. The molecule has 1 amide bonds.